The van der Waals surface area contributed by atoms with E-state index in [1.807, 2.05) is 0 Å². The van der Waals surface area contributed by atoms with Gasteiger partial charge in [-0.3, -0.25) is 4.79 Å². The summed E-state index contributed by atoms with van der Waals surface area (Å²) in [4.78, 5) is 23.5. The van der Waals surface area contributed by atoms with Gasteiger partial charge in [0.2, 0.25) is 5.91 Å². The minimum Gasteiger partial charge on any atom is -0.534 e. The molecule has 1 aromatic carbocycles. The predicted molar refractivity (Wildman–Crippen MR) is 93.3 cm³/mol. The zero-order chi connectivity index (χ0) is 18.0. The first-order valence-electron chi connectivity index (χ1n) is 7.89. The zero-order valence-corrected chi connectivity index (χ0v) is 14.5. The van der Waals surface area contributed by atoms with Crippen molar-refractivity contribution in [1.29, 1.82) is 0 Å². The SMILES string of the molecule is COc1ccc2c(c1C(=O)O)OB(O)C(NC(=O)CSC1CNC1)C2. The molecule has 3 rings (SSSR count). The third-order valence-electron chi connectivity index (χ3n) is 4.20. The smallest absolute Gasteiger partial charge is 0.534 e. The molecule has 1 fully saturated rings. The Kier molecular flexibility index (Phi) is 5.40. The monoisotopic (exact) mass is 366 g/mol. The summed E-state index contributed by atoms with van der Waals surface area (Å²) >= 11 is 1.57. The molecule has 4 N–H and O–H groups in total. The van der Waals surface area contributed by atoms with Gasteiger partial charge in [0.1, 0.15) is 17.1 Å². The summed E-state index contributed by atoms with van der Waals surface area (Å²) in [5.41, 5.74) is 0.474. The van der Waals surface area contributed by atoms with Gasteiger partial charge in [0.25, 0.3) is 0 Å². The summed E-state index contributed by atoms with van der Waals surface area (Å²) < 4.78 is 10.5. The van der Waals surface area contributed by atoms with Crippen molar-refractivity contribution >= 4 is 30.8 Å². The lowest BCUT2D eigenvalue weighted by Crippen LogP contribution is -2.54. The molecule has 0 bridgehead atoms. The fourth-order valence-electron chi connectivity index (χ4n) is 2.76. The van der Waals surface area contributed by atoms with E-state index in [1.54, 1.807) is 23.9 Å². The molecule has 8 nitrogen and oxygen atoms in total. The second-order valence-corrected chi connectivity index (χ2v) is 7.20. The Morgan fingerprint density at radius 2 is 2.24 bits per heavy atom. The van der Waals surface area contributed by atoms with Gasteiger partial charge in [-0.1, -0.05) is 6.07 Å². The van der Waals surface area contributed by atoms with Crippen molar-refractivity contribution in [2.45, 2.75) is 17.6 Å². The molecule has 0 spiro atoms. The molecule has 0 saturated carbocycles. The molecule has 0 radical (unpaired) electrons. The van der Waals surface area contributed by atoms with E-state index in [0.29, 0.717) is 16.6 Å². The number of benzene rings is 1. The number of hydrogen-bond donors (Lipinski definition) is 4. The maximum Gasteiger partial charge on any atom is 0.547 e. The van der Waals surface area contributed by atoms with Crippen LogP contribution in [0.1, 0.15) is 15.9 Å². The maximum absolute atomic E-state index is 12.1. The average molecular weight is 366 g/mol. The first-order chi connectivity index (χ1) is 12.0. The fourth-order valence-corrected chi connectivity index (χ4v) is 3.70. The third-order valence-corrected chi connectivity index (χ3v) is 5.43. The Morgan fingerprint density at radius 3 is 2.84 bits per heavy atom. The zero-order valence-electron chi connectivity index (χ0n) is 13.7. The van der Waals surface area contributed by atoms with Crippen LogP contribution >= 0.6 is 11.8 Å². The molecule has 2 aliphatic rings. The summed E-state index contributed by atoms with van der Waals surface area (Å²) in [6.45, 7) is 1.81. The highest BCUT2D eigenvalue weighted by atomic mass is 32.2. The Balaban J connectivity index is 1.69. The van der Waals surface area contributed by atoms with Crippen molar-refractivity contribution in [1.82, 2.24) is 10.6 Å². The molecule has 0 aliphatic carbocycles. The molecule has 2 heterocycles. The summed E-state index contributed by atoms with van der Waals surface area (Å²) in [5.74, 6) is -1.46. The second-order valence-electron chi connectivity index (χ2n) is 5.91. The Hall–Kier alpha value is -1.91. The number of amides is 1. The molecule has 1 amide bonds. The number of hydrogen-bond acceptors (Lipinski definition) is 7. The van der Waals surface area contributed by atoms with Gasteiger partial charge in [-0.15, -0.1) is 11.8 Å². The fraction of sp³-hybridized carbons (Fsp3) is 0.467. The Bertz CT molecular complexity index is 684. The lowest BCUT2D eigenvalue weighted by Gasteiger charge is -2.30. The second kappa shape index (κ2) is 7.55. The molecule has 10 heteroatoms. The van der Waals surface area contributed by atoms with Gasteiger partial charge < -0.3 is 30.2 Å². The minimum absolute atomic E-state index is 0.0831. The maximum atomic E-state index is 12.1. The molecule has 134 valence electrons. The summed E-state index contributed by atoms with van der Waals surface area (Å²) in [5, 5.41) is 25.9. The molecule has 1 atom stereocenters. The quantitative estimate of drug-likeness (QED) is 0.500. The number of carboxylic acids is 1. The number of carbonyl (C=O) groups excluding carboxylic acids is 1. The van der Waals surface area contributed by atoms with Crippen LogP contribution < -0.4 is 20.0 Å². The van der Waals surface area contributed by atoms with Gasteiger partial charge in [0.05, 0.1) is 18.8 Å². The van der Waals surface area contributed by atoms with E-state index < -0.39 is 19.0 Å². The summed E-state index contributed by atoms with van der Waals surface area (Å²) in [6.07, 6.45) is 0.280. The molecule has 25 heavy (non-hydrogen) atoms. The van der Waals surface area contributed by atoms with Crippen molar-refractivity contribution in [3.05, 3.63) is 23.3 Å². The number of carbonyl (C=O) groups is 2. The van der Waals surface area contributed by atoms with E-state index in [0.717, 1.165) is 13.1 Å². The van der Waals surface area contributed by atoms with E-state index in [1.165, 1.54) is 7.11 Å². The van der Waals surface area contributed by atoms with E-state index in [-0.39, 0.29) is 29.4 Å². The normalized spacial score (nSPS) is 19.4. The Morgan fingerprint density at radius 1 is 1.48 bits per heavy atom. The first kappa shape index (κ1) is 17.9. The molecule has 1 unspecified atom stereocenters. The largest absolute Gasteiger partial charge is 0.547 e. The lowest BCUT2D eigenvalue weighted by atomic mass is 9.72. The van der Waals surface area contributed by atoms with Crippen molar-refractivity contribution in [3.63, 3.8) is 0 Å². The summed E-state index contributed by atoms with van der Waals surface area (Å²) in [6, 6.07) is 3.22. The number of thioether (sulfide) groups is 1. The van der Waals surface area contributed by atoms with Gasteiger partial charge in [0, 0.05) is 18.3 Å². The van der Waals surface area contributed by atoms with Crippen LogP contribution in [0.3, 0.4) is 0 Å². The molecule has 2 aliphatic heterocycles. The van der Waals surface area contributed by atoms with E-state index in [9.17, 15) is 19.7 Å². The van der Waals surface area contributed by atoms with Gasteiger partial charge in [-0.05, 0) is 18.1 Å². The van der Waals surface area contributed by atoms with Gasteiger partial charge in [-0.25, -0.2) is 4.79 Å². The van der Waals surface area contributed by atoms with Crippen LogP contribution in [-0.4, -0.2) is 66.3 Å². The van der Waals surface area contributed by atoms with Crippen molar-refractivity contribution in [2.24, 2.45) is 0 Å². The van der Waals surface area contributed by atoms with Crippen LogP contribution in [0.2, 0.25) is 0 Å². The van der Waals surface area contributed by atoms with Crippen LogP contribution in [0.25, 0.3) is 0 Å². The van der Waals surface area contributed by atoms with Crippen LogP contribution in [-0.2, 0) is 11.2 Å². The number of methoxy groups -OCH3 is 1. The van der Waals surface area contributed by atoms with Crippen LogP contribution in [0, 0.1) is 0 Å². The van der Waals surface area contributed by atoms with E-state index in [4.69, 9.17) is 9.39 Å². The van der Waals surface area contributed by atoms with Crippen LogP contribution in [0.15, 0.2) is 12.1 Å². The average Bonchev–Trinajstić information content (AvgIpc) is 2.52. The predicted octanol–water partition coefficient (Wildman–Crippen LogP) is -0.462. The van der Waals surface area contributed by atoms with Gasteiger partial charge in [0.15, 0.2) is 0 Å². The van der Waals surface area contributed by atoms with Crippen LogP contribution in [0.4, 0.5) is 0 Å². The minimum atomic E-state index is -1.32. The molecule has 1 saturated heterocycles. The molecule has 0 aromatic heterocycles. The number of rotatable bonds is 6. The number of nitrogens with one attached hydrogen (secondary N) is 2. The number of fused-ring (bicyclic) bond motifs is 1. The van der Waals surface area contributed by atoms with Crippen molar-refractivity contribution in [3.8, 4) is 11.5 Å². The lowest BCUT2D eigenvalue weighted by molar-refractivity contribution is -0.119. The van der Waals surface area contributed by atoms with E-state index in [2.05, 4.69) is 10.6 Å². The van der Waals surface area contributed by atoms with Crippen molar-refractivity contribution < 1.29 is 29.1 Å². The molecular formula is C15H19BN2O6S. The Labute approximate surface area is 149 Å². The highest BCUT2D eigenvalue weighted by Crippen LogP contribution is 2.36. The number of aromatic carboxylic acids is 1. The van der Waals surface area contributed by atoms with Crippen LogP contribution in [0.5, 0.6) is 11.5 Å². The first-order valence-corrected chi connectivity index (χ1v) is 8.94. The highest BCUT2D eigenvalue weighted by Gasteiger charge is 2.38. The summed E-state index contributed by atoms with van der Waals surface area (Å²) in [7, 11) is 0.0446. The third kappa shape index (κ3) is 3.86. The van der Waals surface area contributed by atoms with Crippen molar-refractivity contribution in [2.75, 3.05) is 26.0 Å². The van der Waals surface area contributed by atoms with E-state index >= 15 is 0 Å². The van der Waals surface area contributed by atoms with Gasteiger partial charge >= 0.3 is 13.1 Å². The molecule has 1 aromatic rings. The number of ether oxygens (including phenoxy) is 1. The molecular weight excluding hydrogens is 347 g/mol. The number of carboxylic acid groups (broad SMARTS) is 1. The van der Waals surface area contributed by atoms with Gasteiger partial charge in [-0.2, -0.15) is 0 Å². The highest BCUT2D eigenvalue weighted by molar-refractivity contribution is 8.00. The topological polar surface area (TPSA) is 117 Å². The standard InChI is InChI=1S/C15H19BN2O6S/c1-23-10-3-2-8-4-11(16(22)24-14(8)13(10)15(20)21)18-12(19)7-25-9-5-17-6-9/h2-3,9,11,17,22H,4-7H2,1H3,(H,18,19)(H,20,21).